The molecule has 0 aromatic carbocycles. The predicted octanol–water partition coefficient (Wildman–Crippen LogP) is 0.763. The summed E-state index contributed by atoms with van der Waals surface area (Å²) in [4.78, 5) is 0. The van der Waals surface area contributed by atoms with Gasteiger partial charge in [0.15, 0.2) is 0 Å². The van der Waals surface area contributed by atoms with E-state index < -0.39 is 7.12 Å². The molecule has 50 valence electrons. The van der Waals surface area contributed by atoms with Crippen LogP contribution < -0.4 is 0 Å². The van der Waals surface area contributed by atoms with Crippen molar-refractivity contribution in [3.63, 3.8) is 0 Å². The van der Waals surface area contributed by atoms with Crippen LogP contribution in [0.25, 0.3) is 0 Å². The number of hydrogen-bond donors (Lipinski definition) is 1. The molecular formula is C6H11BO2. The summed E-state index contributed by atoms with van der Waals surface area (Å²) in [6, 6.07) is 0. The minimum Gasteiger partial charge on any atom is -0.423 e. The first-order valence-corrected chi connectivity index (χ1v) is 3.24. The van der Waals surface area contributed by atoms with Crippen LogP contribution in [-0.4, -0.2) is 19.3 Å². The third-order valence-corrected chi connectivity index (χ3v) is 1.62. The molecule has 0 aliphatic heterocycles. The van der Waals surface area contributed by atoms with E-state index in [0.29, 0.717) is 0 Å². The molecule has 0 fully saturated rings. The average molecular weight is 126 g/mol. The molecule has 1 rings (SSSR count). The number of hydrogen-bond acceptors (Lipinski definition) is 2. The highest BCUT2D eigenvalue weighted by Gasteiger charge is 2.19. The first-order chi connectivity index (χ1) is 4.34. The Labute approximate surface area is 55.7 Å². The molecule has 9 heavy (non-hydrogen) atoms. The molecule has 0 aromatic heterocycles. The summed E-state index contributed by atoms with van der Waals surface area (Å²) >= 11 is 0. The van der Waals surface area contributed by atoms with Crippen LogP contribution >= 0.6 is 0 Å². The van der Waals surface area contributed by atoms with E-state index in [0.717, 1.165) is 24.7 Å². The minimum atomic E-state index is -0.646. The number of rotatable bonds is 2. The molecule has 0 aromatic rings. The molecule has 0 radical (unpaired) electrons. The van der Waals surface area contributed by atoms with Gasteiger partial charge in [0.05, 0.1) is 0 Å². The van der Waals surface area contributed by atoms with E-state index in [2.05, 4.69) is 0 Å². The molecule has 1 aliphatic rings. The van der Waals surface area contributed by atoms with Crippen LogP contribution in [0.3, 0.4) is 0 Å². The summed E-state index contributed by atoms with van der Waals surface area (Å²) in [5.41, 5.74) is 1.04. The molecule has 0 saturated heterocycles. The van der Waals surface area contributed by atoms with Gasteiger partial charge in [-0.2, -0.15) is 0 Å². The highest BCUT2D eigenvalue weighted by Crippen LogP contribution is 2.18. The third-order valence-electron chi connectivity index (χ3n) is 1.62. The van der Waals surface area contributed by atoms with Gasteiger partial charge in [0.1, 0.15) is 0 Å². The Morgan fingerprint density at radius 2 is 2.56 bits per heavy atom. The van der Waals surface area contributed by atoms with Gasteiger partial charge in [-0.3, -0.25) is 0 Å². The summed E-state index contributed by atoms with van der Waals surface area (Å²) in [5, 5.41) is 9.07. The van der Waals surface area contributed by atoms with Crippen molar-refractivity contribution >= 4 is 7.12 Å². The van der Waals surface area contributed by atoms with E-state index in [1.807, 2.05) is 6.08 Å². The molecule has 0 amide bonds. The molecule has 0 bridgehead atoms. The van der Waals surface area contributed by atoms with Gasteiger partial charge in [-0.15, -0.1) is 0 Å². The van der Waals surface area contributed by atoms with Crippen LogP contribution in [0.15, 0.2) is 11.5 Å². The summed E-state index contributed by atoms with van der Waals surface area (Å²) < 4.78 is 4.72. The topological polar surface area (TPSA) is 29.5 Å². The lowest BCUT2D eigenvalue weighted by Gasteiger charge is -2.01. The zero-order valence-electron chi connectivity index (χ0n) is 5.63. The van der Waals surface area contributed by atoms with E-state index >= 15 is 0 Å². The molecule has 3 heteroatoms. The van der Waals surface area contributed by atoms with Gasteiger partial charge in [-0.1, -0.05) is 6.08 Å². The van der Waals surface area contributed by atoms with Gasteiger partial charge < -0.3 is 9.68 Å². The second-order valence-corrected chi connectivity index (χ2v) is 2.26. The van der Waals surface area contributed by atoms with Crippen molar-refractivity contribution in [1.82, 2.24) is 0 Å². The van der Waals surface area contributed by atoms with Crippen molar-refractivity contribution in [1.29, 1.82) is 0 Å². The second kappa shape index (κ2) is 3.04. The monoisotopic (exact) mass is 126 g/mol. The Balaban J connectivity index is 2.40. The molecule has 0 spiro atoms. The molecule has 0 unspecified atom stereocenters. The highest BCUT2D eigenvalue weighted by atomic mass is 16.5. The van der Waals surface area contributed by atoms with E-state index in [9.17, 15) is 0 Å². The molecular weight excluding hydrogens is 115 g/mol. The zero-order chi connectivity index (χ0) is 6.69. The predicted molar refractivity (Wildman–Crippen MR) is 36.9 cm³/mol. The lowest BCUT2D eigenvalue weighted by Crippen LogP contribution is -2.17. The van der Waals surface area contributed by atoms with E-state index in [4.69, 9.17) is 9.68 Å². The van der Waals surface area contributed by atoms with Gasteiger partial charge in [0, 0.05) is 7.11 Å². The standard InChI is InChI=1S/C6H11BO2/c1-9-7(8)6-4-2-3-5-6/h4,8H,2-3,5H2,1H3. The Bertz CT molecular complexity index is 122. The van der Waals surface area contributed by atoms with Gasteiger partial charge in [0.2, 0.25) is 0 Å². The van der Waals surface area contributed by atoms with E-state index in [1.54, 1.807) is 0 Å². The second-order valence-electron chi connectivity index (χ2n) is 2.26. The van der Waals surface area contributed by atoms with Crippen molar-refractivity contribution in [3.8, 4) is 0 Å². The fourth-order valence-electron chi connectivity index (χ4n) is 1.07. The zero-order valence-corrected chi connectivity index (χ0v) is 5.63. The molecule has 1 aliphatic carbocycles. The molecule has 2 nitrogen and oxygen atoms in total. The van der Waals surface area contributed by atoms with Crippen LogP contribution in [-0.2, 0) is 4.65 Å². The highest BCUT2D eigenvalue weighted by molar-refractivity contribution is 6.52. The van der Waals surface area contributed by atoms with Crippen LogP contribution in [0.4, 0.5) is 0 Å². The smallest absolute Gasteiger partial charge is 0.423 e. The van der Waals surface area contributed by atoms with E-state index in [-0.39, 0.29) is 0 Å². The first-order valence-electron chi connectivity index (χ1n) is 3.24. The maximum absolute atomic E-state index is 9.07. The molecule has 0 heterocycles. The largest absolute Gasteiger partial charge is 0.486 e. The Morgan fingerprint density at radius 3 is 3.00 bits per heavy atom. The van der Waals surface area contributed by atoms with Crippen molar-refractivity contribution in [3.05, 3.63) is 11.5 Å². The molecule has 0 atom stereocenters. The lowest BCUT2D eigenvalue weighted by atomic mass is 9.78. The molecule has 1 N–H and O–H groups in total. The average Bonchev–Trinajstić information content (AvgIpc) is 2.37. The summed E-state index contributed by atoms with van der Waals surface area (Å²) in [6.45, 7) is 0. The van der Waals surface area contributed by atoms with Gasteiger partial charge in [0.25, 0.3) is 0 Å². The lowest BCUT2D eigenvalue weighted by molar-refractivity contribution is 0.335. The number of allylic oxidation sites excluding steroid dienone is 2. The fourth-order valence-corrected chi connectivity index (χ4v) is 1.07. The van der Waals surface area contributed by atoms with Gasteiger partial charge >= 0.3 is 7.12 Å². The first kappa shape index (κ1) is 6.84. The summed E-state index contributed by atoms with van der Waals surface area (Å²) in [7, 11) is 0.872. The molecule has 0 saturated carbocycles. The minimum absolute atomic E-state index is 0.646. The summed E-state index contributed by atoms with van der Waals surface area (Å²) in [5.74, 6) is 0. The fraction of sp³-hybridized carbons (Fsp3) is 0.667. The van der Waals surface area contributed by atoms with Gasteiger partial charge in [-0.25, -0.2) is 0 Å². The normalized spacial score (nSPS) is 17.8. The third kappa shape index (κ3) is 1.56. The van der Waals surface area contributed by atoms with Crippen LogP contribution in [0.2, 0.25) is 0 Å². The van der Waals surface area contributed by atoms with Crippen molar-refractivity contribution in [2.75, 3.05) is 7.11 Å². The quantitative estimate of drug-likeness (QED) is 0.553. The maximum Gasteiger partial charge on any atom is 0.486 e. The summed E-state index contributed by atoms with van der Waals surface area (Å²) in [6.07, 6.45) is 5.30. The Hall–Kier alpha value is -0.275. The SMILES string of the molecule is COB(O)C1=CCCC1. The van der Waals surface area contributed by atoms with Crippen molar-refractivity contribution in [2.24, 2.45) is 0 Å². The van der Waals surface area contributed by atoms with Crippen LogP contribution in [0.1, 0.15) is 19.3 Å². The van der Waals surface area contributed by atoms with Crippen LogP contribution in [0.5, 0.6) is 0 Å². The van der Waals surface area contributed by atoms with Crippen molar-refractivity contribution < 1.29 is 9.68 Å². The van der Waals surface area contributed by atoms with Crippen LogP contribution in [0, 0.1) is 0 Å². The van der Waals surface area contributed by atoms with Gasteiger partial charge in [-0.05, 0) is 24.7 Å². The Kier molecular flexibility index (Phi) is 2.31. The Morgan fingerprint density at radius 1 is 1.78 bits per heavy atom. The maximum atomic E-state index is 9.07. The van der Waals surface area contributed by atoms with E-state index in [1.165, 1.54) is 7.11 Å². The van der Waals surface area contributed by atoms with Crippen molar-refractivity contribution in [2.45, 2.75) is 19.3 Å².